The lowest BCUT2D eigenvalue weighted by molar-refractivity contribution is -0.132. The van der Waals surface area contributed by atoms with Gasteiger partial charge in [0.25, 0.3) is 0 Å². The van der Waals surface area contributed by atoms with Gasteiger partial charge in [0.2, 0.25) is 5.91 Å². The molecule has 1 amide bonds. The molecule has 1 atom stereocenters. The van der Waals surface area contributed by atoms with Crippen molar-refractivity contribution < 1.29 is 14.6 Å². The second-order valence-electron chi connectivity index (χ2n) is 3.45. The summed E-state index contributed by atoms with van der Waals surface area (Å²) in [6, 6.07) is 9.67. The molecule has 0 aromatic heterocycles. The van der Waals surface area contributed by atoms with E-state index in [0.29, 0.717) is 6.61 Å². The van der Waals surface area contributed by atoms with E-state index >= 15 is 0 Å². The van der Waals surface area contributed by atoms with Gasteiger partial charge in [-0.3, -0.25) is 4.79 Å². The smallest absolute Gasteiger partial charge is 0.248 e. The molecule has 88 valence electrons. The van der Waals surface area contributed by atoms with Crippen molar-refractivity contribution in [3.05, 3.63) is 35.9 Å². The molecule has 2 N–H and O–H groups in total. The highest BCUT2D eigenvalue weighted by Gasteiger charge is 2.12. The highest BCUT2D eigenvalue weighted by molar-refractivity contribution is 5.80. The lowest BCUT2D eigenvalue weighted by atomic mass is 10.2. The summed E-state index contributed by atoms with van der Waals surface area (Å²) in [4.78, 5) is 11.4. The normalized spacial score (nSPS) is 12.1. The molecule has 16 heavy (non-hydrogen) atoms. The zero-order chi connectivity index (χ0) is 11.8. The van der Waals surface area contributed by atoms with Gasteiger partial charge in [0.05, 0.1) is 13.2 Å². The number of rotatable bonds is 6. The molecule has 0 radical (unpaired) electrons. The molecular weight excluding hydrogens is 206 g/mol. The first-order valence-electron chi connectivity index (χ1n) is 5.28. The molecule has 1 aromatic carbocycles. The Hall–Kier alpha value is -1.39. The van der Waals surface area contributed by atoms with E-state index in [-0.39, 0.29) is 19.1 Å². The maximum atomic E-state index is 11.4. The van der Waals surface area contributed by atoms with Crippen LogP contribution in [0.3, 0.4) is 0 Å². The van der Waals surface area contributed by atoms with E-state index in [1.165, 1.54) is 0 Å². The van der Waals surface area contributed by atoms with Crippen molar-refractivity contribution >= 4 is 5.91 Å². The molecule has 0 heterocycles. The number of amides is 1. The molecule has 0 saturated heterocycles. The van der Waals surface area contributed by atoms with Gasteiger partial charge in [0.15, 0.2) is 0 Å². The van der Waals surface area contributed by atoms with Crippen molar-refractivity contribution in [2.75, 3.05) is 13.2 Å². The Morgan fingerprint density at radius 3 is 2.75 bits per heavy atom. The Kier molecular flexibility index (Phi) is 5.53. The van der Waals surface area contributed by atoms with Crippen molar-refractivity contribution in [1.29, 1.82) is 0 Å². The van der Waals surface area contributed by atoms with Crippen LogP contribution in [-0.2, 0) is 16.1 Å². The van der Waals surface area contributed by atoms with Crippen molar-refractivity contribution in [3.63, 3.8) is 0 Å². The summed E-state index contributed by atoms with van der Waals surface area (Å²) >= 11 is 0. The summed E-state index contributed by atoms with van der Waals surface area (Å²) in [5, 5.41) is 11.1. The maximum Gasteiger partial charge on any atom is 0.248 e. The minimum atomic E-state index is -0.508. The number of aliphatic hydroxyl groups excluding tert-OH is 1. The largest absolute Gasteiger partial charge is 0.395 e. The van der Waals surface area contributed by atoms with Crippen LogP contribution >= 0.6 is 0 Å². The van der Waals surface area contributed by atoms with E-state index in [0.717, 1.165) is 5.56 Å². The highest BCUT2D eigenvalue weighted by Crippen LogP contribution is 2.03. The van der Waals surface area contributed by atoms with Crippen LogP contribution in [0, 0.1) is 0 Å². The molecule has 1 unspecified atom stereocenters. The fourth-order valence-electron chi connectivity index (χ4n) is 1.19. The number of hydrogen-bond donors (Lipinski definition) is 2. The molecule has 0 fully saturated rings. The van der Waals surface area contributed by atoms with Gasteiger partial charge >= 0.3 is 0 Å². The highest BCUT2D eigenvalue weighted by atomic mass is 16.5. The molecule has 0 spiro atoms. The molecule has 0 aliphatic carbocycles. The Labute approximate surface area is 95.2 Å². The predicted octanol–water partition coefficient (Wildman–Crippen LogP) is 0.700. The molecule has 1 aromatic rings. The molecule has 4 heteroatoms. The second-order valence-corrected chi connectivity index (χ2v) is 3.45. The first kappa shape index (κ1) is 12.7. The number of hydrogen-bond acceptors (Lipinski definition) is 3. The summed E-state index contributed by atoms with van der Waals surface area (Å²) in [5.41, 5.74) is 1.03. The maximum absolute atomic E-state index is 11.4. The van der Waals surface area contributed by atoms with Crippen LogP contribution in [0.5, 0.6) is 0 Å². The van der Waals surface area contributed by atoms with Crippen LogP contribution in [0.15, 0.2) is 30.3 Å². The number of carbonyl (C=O) groups is 1. The zero-order valence-corrected chi connectivity index (χ0v) is 9.35. The van der Waals surface area contributed by atoms with Gasteiger partial charge in [-0.2, -0.15) is 0 Å². The Morgan fingerprint density at radius 2 is 2.12 bits per heavy atom. The topological polar surface area (TPSA) is 58.6 Å². The molecular formula is C12H17NO3. The number of benzene rings is 1. The SMILES string of the molecule is CC(OCc1ccccc1)C(=O)NCCO. The number of nitrogens with one attached hydrogen (secondary N) is 1. The van der Waals surface area contributed by atoms with Gasteiger partial charge in [-0.1, -0.05) is 30.3 Å². The average Bonchev–Trinajstić information content (AvgIpc) is 2.34. The fourth-order valence-corrected chi connectivity index (χ4v) is 1.19. The van der Waals surface area contributed by atoms with E-state index in [1.807, 2.05) is 30.3 Å². The van der Waals surface area contributed by atoms with Gasteiger partial charge in [-0.25, -0.2) is 0 Å². The number of aliphatic hydroxyl groups is 1. The minimum Gasteiger partial charge on any atom is -0.395 e. The molecule has 0 aliphatic rings. The van der Waals surface area contributed by atoms with E-state index in [9.17, 15) is 4.79 Å². The van der Waals surface area contributed by atoms with Gasteiger partial charge in [0.1, 0.15) is 6.10 Å². The van der Waals surface area contributed by atoms with Crippen LogP contribution < -0.4 is 5.32 Å². The zero-order valence-electron chi connectivity index (χ0n) is 9.35. The van der Waals surface area contributed by atoms with Crippen LogP contribution in [0.2, 0.25) is 0 Å². The summed E-state index contributed by atoms with van der Waals surface area (Å²) in [6.07, 6.45) is -0.508. The van der Waals surface area contributed by atoms with Crippen molar-refractivity contribution in [3.8, 4) is 0 Å². The summed E-state index contributed by atoms with van der Waals surface area (Å²) in [6.45, 7) is 2.30. The van der Waals surface area contributed by atoms with Crippen LogP contribution in [0.25, 0.3) is 0 Å². The number of carbonyl (C=O) groups excluding carboxylic acids is 1. The lowest BCUT2D eigenvalue weighted by Gasteiger charge is -2.12. The Bertz CT molecular complexity index is 313. The van der Waals surface area contributed by atoms with Crippen LogP contribution in [0.1, 0.15) is 12.5 Å². The van der Waals surface area contributed by atoms with Crippen molar-refractivity contribution in [2.45, 2.75) is 19.6 Å². The van der Waals surface area contributed by atoms with E-state index in [4.69, 9.17) is 9.84 Å². The van der Waals surface area contributed by atoms with E-state index < -0.39 is 6.10 Å². The summed E-state index contributed by atoms with van der Waals surface area (Å²) in [7, 11) is 0. The van der Waals surface area contributed by atoms with Gasteiger partial charge in [-0.15, -0.1) is 0 Å². The Morgan fingerprint density at radius 1 is 1.44 bits per heavy atom. The van der Waals surface area contributed by atoms with Crippen LogP contribution in [-0.4, -0.2) is 30.3 Å². The van der Waals surface area contributed by atoms with Gasteiger partial charge < -0.3 is 15.2 Å². The minimum absolute atomic E-state index is 0.0584. The van der Waals surface area contributed by atoms with Crippen molar-refractivity contribution in [1.82, 2.24) is 5.32 Å². The van der Waals surface area contributed by atoms with Crippen LogP contribution in [0.4, 0.5) is 0 Å². The quantitative estimate of drug-likeness (QED) is 0.746. The monoisotopic (exact) mass is 223 g/mol. The first-order valence-corrected chi connectivity index (χ1v) is 5.28. The summed E-state index contributed by atoms with van der Waals surface area (Å²) in [5.74, 6) is -0.204. The molecule has 0 saturated carbocycles. The lowest BCUT2D eigenvalue weighted by Crippen LogP contribution is -2.36. The Balaban J connectivity index is 2.29. The standard InChI is InChI=1S/C12H17NO3/c1-10(12(15)13-7-8-14)16-9-11-5-3-2-4-6-11/h2-6,10,14H,7-9H2,1H3,(H,13,15). The van der Waals surface area contributed by atoms with Crippen molar-refractivity contribution in [2.24, 2.45) is 0 Å². The fraction of sp³-hybridized carbons (Fsp3) is 0.417. The van der Waals surface area contributed by atoms with E-state index in [1.54, 1.807) is 6.92 Å². The second kappa shape index (κ2) is 6.98. The molecule has 1 rings (SSSR count). The number of ether oxygens (including phenoxy) is 1. The predicted molar refractivity (Wildman–Crippen MR) is 60.8 cm³/mol. The van der Waals surface area contributed by atoms with Gasteiger partial charge in [-0.05, 0) is 12.5 Å². The summed E-state index contributed by atoms with van der Waals surface area (Å²) < 4.78 is 5.39. The molecule has 4 nitrogen and oxygen atoms in total. The molecule has 0 bridgehead atoms. The first-order chi connectivity index (χ1) is 7.74. The third-order valence-corrected chi connectivity index (χ3v) is 2.12. The third-order valence-electron chi connectivity index (χ3n) is 2.12. The van der Waals surface area contributed by atoms with E-state index in [2.05, 4.69) is 5.32 Å². The average molecular weight is 223 g/mol. The third kappa shape index (κ3) is 4.42. The van der Waals surface area contributed by atoms with Gasteiger partial charge in [0, 0.05) is 6.54 Å². The molecule has 0 aliphatic heterocycles.